The minimum Gasteiger partial charge on any atom is -0.364 e. The fourth-order valence-electron chi connectivity index (χ4n) is 0.565. The summed E-state index contributed by atoms with van der Waals surface area (Å²) in [5.74, 6) is -1.07. The molecule has 0 spiro atoms. The summed E-state index contributed by atoms with van der Waals surface area (Å²) in [5, 5.41) is 31.3. The Balaban J connectivity index is 4.48. The molecule has 6 N–H and O–H groups in total. The minimum atomic E-state index is -0.913. The summed E-state index contributed by atoms with van der Waals surface area (Å²) in [6.07, 6.45) is 1.05. The Morgan fingerprint density at radius 1 is 1.05 bits per heavy atom. The summed E-state index contributed by atoms with van der Waals surface area (Å²) < 4.78 is 0. The number of nitrogens with two attached hydrogens (primary N) is 2. The van der Waals surface area contributed by atoms with Crippen LogP contribution in [0.15, 0.2) is 20.4 Å². The number of nitrogens with one attached hydrogen (secondary N) is 2. The summed E-state index contributed by atoms with van der Waals surface area (Å²) in [7, 11) is 0. The van der Waals surface area contributed by atoms with Gasteiger partial charge in [0.25, 0.3) is 11.9 Å². The Morgan fingerprint density at radius 2 is 1.53 bits per heavy atom. The van der Waals surface area contributed by atoms with E-state index in [1.54, 1.807) is 10.9 Å². The second kappa shape index (κ2) is 7.87. The standard InChI is InChI=1S/C5H10N10O4/c1-3(9-11-5(7)13-15(18)19)2-8-10-4(6)12-14(16)17/h2H,1H3,(H3,6,10,12)(H3,7,11,13)/b8-2+,9-3-. The number of rotatable bonds is 5. The molecule has 0 aliphatic heterocycles. The van der Waals surface area contributed by atoms with Crippen LogP contribution in [0.3, 0.4) is 0 Å². The average Bonchev–Trinajstić information content (AvgIpc) is 2.24. The predicted octanol–water partition coefficient (Wildman–Crippen LogP) is -2.46. The van der Waals surface area contributed by atoms with Crippen LogP contribution in [0.2, 0.25) is 0 Å². The first-order chi connectivity index (χ1) is 8.81. The SMILES string of the molecule is CC(/C=N/N=C(N)N[N+](=O)[O-])=N/N=C(N)N[N+](=O)[O-]. The van der Waals surface area contributed by atoms with Crippen molar-refractivity contribution in [3.63, 3.8) is 0 Å². The molecule has 0 unspecified atom stereocenters. The minimum absolute atomic E-state index is 0.172. The lowest BCUT2D eigenvalue weighted by atomic mass is 10.5. The smallest absolute Gasteiger partial charge is 0.275 e. The van der Waals surface area contributed by atoms with Crippen LogP contribution in [0.1, 0.15) is 6.92 Å². The normalized spacial score (nSPS) is 13.4. The van der Waals surface area contributed by atoms with Gasteiger partial charge in [-0.05, 0) is 6.92 Å². The van der Waals surface area contributed by atoms with Crippen molar-refractivity contribution in [1.82, 2.24) is 10.9 Å². The Bertz CT molecular complexity index is 465. The summed E-state index contributed by atoms with van der Waals surface area (Å²) in [5.41, 5.74) is 13.4. The summed E-state index contributed by atoms with van der Waals surface area (Å²) in [4.78, 5) is 19.9. The van der Waals surface area contributed by atoms with E-state index in [4.69, 9.17) is 11.5 Å². The van der Waals surface area contributed by atoms with Gasteiger partial charge in [-0.25, -0.2) is 20.2 Å². The number of nitrogens with zero attached hydrogens (tertiary/aromatic N) is 6. The zero-order valence-electron chi connectivity index (χ0n) is 9.55. The molecule has 0 fully saturated rings. The van der Waals surface area contributed by atoms with Crippen molar-refractivity contribution in [2.24, 2.45) is 31.9 Å². The van der Waals surface area contributed by atoms with E-state index in [9.17, 15) is 20.2 Å². The van der Waals surface area contributed by atoms with Gasteiger partial charge in [0, 0.05) is 0 Å². The first-order valence-corrected chi connectivity index (χ1v) is 4.37. The van der Waals surface area contributed by atoms with Gasteiger partial charge in [0.1, 0.15) is 0 Å². The maximum absolute atomic E-state index is 9.95. The van der Waals surface area contributed by atoms with Gasteiger partial charge >= 0.3 is 0 Å². The van der Waals surface area contributed by atoms with E-state index >= 15 is 0 Å². The average molecular weight is 274 g/mol. The van der Waals surface area contributed by atoms with Crippen LogP contribution in [0, 0.1) is 20.2 Å². The lowest BCUT2D eigenvalue weighted by molar-refractivity contribution is -0.525. The predicted molar refractivity (Wildman–Crippen MR) is 65.1 cm³/mol. The van der Waals surface area contributed by atoms with Crippen LogP contribution in [0.5, 0.6) is 0 Å². The summed E-state index contributed by atoms with van der Waals surface area (Å²) >= 11 is 0. The van der Waals surface area contributed by atoms with E-state index in [-0.39, 0.29) is 5.71 Å². The molecular formula is C5H10N10O4. The lowest BCUT2D eigenvalue weighted by Crippen LogP contribution is -2.35. The molecule has 0 rings (SSSR count). The molecule has 0 bridgehead atoms. The van der Waals surface area contributed by atoms with Gasteiger partial charge in [-0.3, -0.25) is 0 Å². The highest BCUT2D eigenvalue weighted by molar-refractivity contribution is 6.29. The molecular weight excluding hydrogens is 264 g/mol. The monoisotopic (exact) mass is 274 g/mol. The third-order valence-corrected chi connectivity index (χ3v) is 1.14. The molecule has 0 aromatic carbocycles. The molecule has 14 heteroatoms. The van der Waals surface area contributed by atoms with Crippen LogP contribution in [0.25, 0.3) is 0 Å². The largest absolute Gasteiger partial charge is 0.364 e. The van der Waals surface area contributed by atoms with E-state index in [0.29, 0.717) is 0 Å². The van der Waals surface area contributed by atoms with Crippen LogP contribution in [-0.2, 0) is 0 Å². The van der Waals surface area contributed by atoms with Crippen LogP contribution in [0.4, 0.5) is 0 Å². The zero-order chi connectivity index (χ0) is 14.8. The van der Waals surface area contributed by atoms with Crippen LogP contribution in [-0.4, -0.2) is 33.9 Å². The van der Waals surface area contributed by atoms with Crippen molar-refractivity contribution in [2.45, 2.75) is 6.92 Å². The highest BCUT2D eigenvalue weighted by Gasteiger charge is 1.98. The van der Waals surface area contributed by atoms with Gasteiger partial charge in [-0.1, -0.05) is 10.9 Å². The molecule has 14 nitrogen and oxygen atoms in total. The maximum Gasteiger partial charge on any atom is 0.275 e. The van der Waals surface area contributed by atoms with Gasteiger partial charge in [0.05, 0.1) is 11.9 Å². The van der Waals surface area contributed by atoms with Crippen molar-refractivity contribution < 1.29 is 10.1 Å². The van der Waals surface area contributed by atoms with Crippen LogP contribution < -0.4 is 22.3 Å². The highest BCUT2D eigenvalue weighted by atomic mass is 16.7. The molecule has 0 aromatic heterocycles. The number of hydrogen-bond donors (Lipinski definition) is 4. The van der Waals surface area contributed by atoms with E-state index in [1.165, 1.54) is 6.92 Å². The fourth-order valence-corrected chi connectivity index (χ4v) is 0.565. The van der Waals surface area contributed by atoms with Gasteiger partial charge in [0.2, 0.25) is 0 Å². The number of guanidine groups is 2. The number of hydrogen-bond acceptors (Lipinski definition) is 8. The Morgan fingerprint density at radius 3 is 2.00 bits per heavy atom. The fraction of sp³-hybridized carbons (Fsp3) is 0.200. The van der Waals surface area contributed by atoms with Crippen molar-refractivity contribution in [1.29, 1.82) is 0 Å². The van der Waals surface area contributed by atoms with E-state index in [1.807, 2.05) is 0 Å². The van der Waals surface area contributed by atoms with E-state index < -0.39 is 22.0 Å². The van der Waals surface area contributed by atoms with E-state index in [2.05, 4.69) is 20.4 Å². The quantitative estimate of drug-likeness (QED) is 0.182. The van der Waals surface area contributed by atoms with Gasteiger partial charge < -0.3 is 11.5 Å². The number of hydrazine groups is 2. The molecule has 19 heavy (non-hydrogen) atoms. The molecule has 0 aromatic rings. The third-order valence-electron chi connectivity index (χ3n) is 1.14. The van der Waals surface area contributed by atoms with Crippen LogP contribution >= 0.6 is 0 Å². The molecule has 0 amide bonds. The summed E-state index contributed by atoms with van der Waals surface area (Å²) in [6.45, 7) is 1.43. The zero-order valence-corrected chi connectivity index (χ0v) is 9.55. The van der Waals surface area contributed by atoms with Crippen molar-refractivity contribution in [3.05, 3.63) is 20.2 Å². The second-order valence-electron chi connectivity index (χ2n) is 2.69. The first kappa shape index (κ1) is 15.7. The molecule has 0 atom stereocenters. The van der Waals surface area contributed by atoms with Crippen molar-refractivity contribution >= 4 is 23.8 Å². The molecule has 0 heterocycles. The first-order valence-electron chi connectivity index (χ1n) is 4.37. The van der Waals surface area contributed by atoms with E-state index in [0.717, 1.165) is 6.21 Å². The number of nitro groups is 2. The molecule has 0 aliphatic carbocycles. The topological polar surface area (TPSA) is 212 Å². The molecule has 104 valence electrons. The Hall–Kier alpha value is -3.32. The van der Waals surface area contributed by atoms with Gasteiger partial charge in [-0.15, -0.1) is 10.2 Å². The molecule has 0 saturated heterocycles. The Labute approximate surface area is 105 Å². The van der Waals surface area contributed by atoms with Gasteiger partial charge in [-0.2, -0.15) is 10.2 Å². The third kappa shape index (κ3) is 9.60. The summed E-state index contributed by atoms with van der Waals surface area (Å²) in [6, 6.07) is 0. The van der Waals surface area contributed by atoms with Gasteiger partial charge in [0.15, 0.2) is 10.1 Å². The second-order valence-corrected chi connectivity index (χ2v) is 2.69. The molecule has 0 saturated carbocycles. The lowest BCUT2D eigenvalue weighted by Gasteiger charge is -1.92. The van der Waals surface area contributed by atoms with Crippen molar-refractivity contribution in [3.8, 4) is 0 Å². The maximum atomic E-state index is 9.95. The molecule has 0 aliphatic rings. The van der Waals surface area contributed by atoms with Crippen molar-refractivity contribution in [2.75, 3.05) is 0 Å². The Kier molecular flexibility index (Phi) is 6.50. The molecule has 0 radical (unpaired) electrons. The highest BCUT2D eigenvalue weighted by Crippen LogP contribution is 1.79.